The van der Waals surface area contributed by atoms with E-state index in [0.717, 1.165) is 51.5 Å². The summed E-state index contributed by atoms with van der Waals surface area (Å²) < 4.78 is 27.3. The normalized spacial score (nSPS) is 30.4. The zero-order chi connectivity index (χ0) is 12.6. The highest BCUT2D eigenvalue weighted by Gasteiger charge is 2.43. The summed E-state index contributed by atoms with van der Waals surface area (Å²) in [6.45, 7) is 1.76. The molecule has 1 aliphatic heterocycles. The Labute approximate surface area is 110 Å². The summed E-state index contributed by atoms with van der Waals surface area (Å²) in [7, 11) is -3.03. The maximum Gasteiger partial charge on any atom is 0.217 e. The molecule has 4 nitrogen and oxygen atoms in total. The van der Waals surface area contributed by atoms with Crippen LogP contribution in [0.3, 0.4) is 0 Å². The van der Waals surface area contributed by atoms with Gasteiger partial charge in [-0.05, 0) is 45.1 Å². The fraction of sp³-hybridized carbons (Fsp3) is 1.00. The van der Waals surface area contributed by atoms with Gasteiger partial charge < -0.3 is 5.32 Å². The predicted octanol–water partition coefficient (Wildman–Crippen LogP) is 1.48. The van der Waals surface area contributed by atoms with Crippen LogP contribution in [0.2, 0.25) is 0 Å². The molecule has 0 aromatic rings. The van der Waals surface area contributed by atoms with Gasteiger partial charge in [0.1, 0.15) is 0 Å². The molecule has 2 saturated carbocycles. The van der Waals surface area contributed by atoms with Gasteiger partial charge in [-0.3, -0.25) is 0 Å². The van der Waals surface area contributed by atoms with Crippen molar-refractivity contribution in [1.29, 1.82) is 0 Å². The van der Waals surface area contributed by atoms with Crippen LogP contribution < -0.4 is 5.32 Å². The fourth-order valence-corrected chi connectivity index (χ4v) is 5.66. The van der Waals surface area contributed by atoms with Crippen molar-refractivity contribution in [3.8, 4) is 0 Å². The molecule has 104 valence electrons. The molecule has 1 unspecified atom stereocenters. The predicted molar refractivity (Wildman–Crippen MR) is 71.9 cm³/mol. The lowest BCUT2D eigenvalue weighted by atomic mass is 10.2. The summed E-state index contributed by atoms with van der Waals surface area (Å²) in [4.78, 5) is 0. The molecule has 3 fully saturated rings. The van der Waals surface area contributed by atoms with E-state index in [4.69, 9.17) is 0 Å². The molecule has 0 radical (unpaired) electrons. The first-order chi connectivity index (χ1) is 8.68. The second-order valence-electron chi connectivity index (χ2n) is 6.05. The summed E-state index contributed by atoms with van der Waals surface area (Å²) >= 11 is 0. The molecular formula is C13H24N2O2S. The lowest BCUT2D eigenvalue weighted by molar-refractivity contribution is 0.357. The molecule has 2 aliphatic carbocycles. The van der Waals surface area contributed by atoms with Crippen LogP contribution >= 0.6 is 0 Å². The zero-order valence-corrected chi connectivity index (χ0v) is 11.8. The van der Waals surface area contributed by atoms with Gasteiger partial charge in [0, 0.05) is 18.6 Å². The van der Waals surface area contributed by atoms with E-state index in [0.29, 0.717) is 18.6 Å². The van der Waals surface area contributed by atoms with Gasteiger partial charge in [-0.15, -0.1) is 0 Å². The van der Waals surface area contributed by atoms with Crippen LogP contribution in [0.1, 0.15) is 51.4 Å². The van der Waals surface area contributed by atoms with Gasteiger partial charge in [0.2, 0.25) is 10.0 Å². The highest BCUT2D eigenvalue weighted by atomic mass is 32.2. The summed E-state index contributed by atoms with van der Waals surface area (Å²) in [6, 6.07) is 0.708. The minimum Gasteiger partial charge on any atom is -0.313 e. The van der Waals surface area contributed by atoms with E-state index in [1.165, 1.54) is 6.42 Å². The minimum atomic E-state index is -3.03. The first kappa shape index (κ1) is 12.9. The highest BCUT2D eigenvalue weighted by Crippen LogP contribution is 2.35. The number of hydrogen-bond donors (Lipinski definition) is 1. The lowest BCUT2D eigenvalue weighted by Crippen LogP contribution is -2.45. The number of rotatable bonds is 5. The smallest absolute Gasteiger partial charge is 0.217 e. The van der Waals surface area contributed by atoms with E-state index in [1.54, 1.807) is 0 Å². The largest absolute Gasteiger partial charge is 0.313 e. The van der Waals surface area contributed by atoms with E-state index < -0.39 is 10.0 Å². The van der Waals surface area contributed by atoms with Crippen molar-refractivity contribution in [3.63, 3.8) is 0 Å². The van der Waals surface area contributed by atoms with Gasteiger partial charge in [-0.1, -0.05) is 12.8 Å². The first-order valence-corrected chi connectivity index (χ1v) is 8.92. The third-order valence-electron chi connectivity index (χ3n) is 4.57. The second kappa shape index (κ2) is 5.10. The number of nitrogens with one attached hydrogen (secondary N) is 1. The molecule has 3 rings (SSSR count). The summed E-state index contributed by atoms with van der Waals surface area (Å²) in [5.41, 5.74) is 0. The SMILES string of the molecule is O=S(=O)(C1CCCC1)N(CC1CCCN1)C1CC1. The van der Waals surface area contributed by atoms with Crippen LogP contribution in [0.4, 0.5) is 0 Å². The van der Waals surface area contributed by atoms with Crippen molar-refractivity contribution in [1.82, 2.24) is 9.62 Å². The van der Waals surface area contributed by atoms with E-state index in [1.807, 2.05) is 4.31 Å². The van der Waals surface area contributed by atoms with Crippen LogP contribution in [0.25, 0.3) is 0 Å². The zero-order valence-electron chi connectivity index (χ0n) is 11.0. The van der Waals surface area contributed by atoms with E-state index in [9.17, 15) is 8.42 Å². The Bertz CT molecular complexity index is 380. The molecule has 1 saturated heterocycles. The van der Waals surface area contributed by atoms with Gasteiger partial charge in [0.05, 0.1) is 5.25 Å². The third-order valence-corrected chi connectivity index (χ3v) is 6.98. The molecule has 1 atom stereocenters. The Balaban J connectivity index is 1.71. The molecule has 1 N–H and O–H groups in total. The van der Waals surface area contributed by atoms with Gasteiger partial charge in [-0.25, -0.2) is 8.42 Å². The number of nitrogens with zero attached hydrogens (tertiary/aromatic N) is 1. The Kier molecular flexibility index (Phi) is 3.65. The first-order valence-electron chi connectivity index (χ1n) is 7.42. The highest BCUT2D eigenvalue weighted by molar-refractivity contribution is 7.89. The van der Waals surface area contributed by atoms with Crippen molar-refractivity contribution >= 4 is 10.0 Å². The Morgan fingerprint density at radius 2 is 1.72 bits per heavy atom. The standard InChI is InChI=1S/C13H24N2O2S/c16-18(17,13-5-1-2-6-13)15(12-7-8-12)10-11-4-3-9-14-11/h11-14H,1-10H2. The van der Waals surface area contributed by atoms with Crippen molar-refractivity contribution in [2.45, 2.75) is 68.7 Å². The van der Waals surface area contributed by atoms with Gasteiger partial charge in [-0.2, -0.15) is 4.31 Å². The molecule has 0 bridgehead atoms. The summed E-state index contributed by atoms with van der Waals surface area (Å²) in [6.07, 6.45) is 8.38. The van der Waals surface area contributed by atoms with Gasteiger partial charge in [0.15, 0.2) is 0 Å². The van der Waals surface area contributed by atoms with Crippen LogP contribution in [-0.4, -0.2) is 43.1 Å². The lowest BCUT2D eigenvalue weighted by Gasteiger charge is -2.28. The molecular weight excluding hydrogens is 248 g/mol. The summed E-state index contributed by atoms with van der Waals surface area (Å²) in [5.74, 6) is 0. The Morgan fingerprint density at radius 3 is 2.28 bits per heavy atom. The molecule has 18 heavy (non-hydrogen) atoms. The number of hydrogen-bond acceptors (Lipinski definition) is 3. The molecule has 0 aromatic carbocycles. The van der Waals surface area contributed by atoms with Crippen LogP contribution in [0, 0.1) is 0 Å². The second-order valence-corrected chi connectivity index (χ2v) is 8.21. The monoisotopic (exact) mass is 272 g/mol. The van der Waals surface area contributed by atoms with Crippen LogP contribution in [0.5, 0.6) is 0 Å². The topological polar surface area (TPSA) is 49.4 Å². The Hall–Kier alpha value is -0.130. The summed E-state index contributed by atoms with van der Waals surface area (Å²) in [5, 5.41) is 3.34. The molecule has 0 amide bonds. The van der Waals surface area contributed by atoms with Gasteiger partial charge in [0.25, 0.3) is 0 Å². The van der Waals surface area contributed by atoms with Crippen LogP contribution in [-0.2, 0) is 10.0 Å². The maximum absolute atomic E-state index is 12.7. The van der Waals surface area contributed by atoms with E-state index >= 15 is 0 Å². The molecule has 0 spiro atoms. The van der Waals surface area contributed by atoms with Crippen molar-refractivity contribution in [3.05, 3.63) is 0 Å². The molecule has 3 aliphatic rings. The average Bonchev–Trinajstić information content (AvgIpc) is 2.87. The van der Waals surface area contributed by atoms with Crippen molar-refractivity contribution in [2.24, 2.45) is 0 Å². The molecule has 0 aromatic heterocycles. The van der Waals surface area contributed by atoms with E-state index in [2.05, 4.69) is 5.32 Å². The van der Waals surface area contributed by atoms with Crippen molar-refractivity contribution < 1.29 is 8.42 Å². The Morgan fingerprint density at radius 1 is 1.00 bits per heavy atom. The van der Waals surface area contributed by atoms with Gasteiger partial charge >= 0.3 is 0 Å². The van der Waals surface area contributed by atoms with Crippen molar-refractivity contribution in [2.75, 3.05) is 13.1 Å². The number of sulfonamides is 1. The molecule has 1 heterocycles. The molecule has 5 heteroatoms. The fourth-order valence-electron chi connectivity index (χ4n) is 3.33. The van der Waals surface area contributed by atoms with Crippen LogP contribution in [0.15, 0.2) is 0 Å². The van der Waals surface area contributed by atoms with E-state index in [-0.39, 0.29) is 5.25 Å². The minimum absolute atomic E-state index is 0.0838. The quantitative estimate of drug-likeness (QED) is 0.824. The third kappa shape index (κ3) is 2.58. The maximum atomic E-state index is 12.7. The average molecular weight is 272 g/mol.